The minimum Gasteiger partial charge on any atom is -0.414 e. The Morgan fingerprint density at radius 2 is 1.65 bits per heavy atom. The monoisotopic (exact) mass is 691 g/mol. The van der Waals surface area contributed by atoms with Gasteiger partial charge in [0.2, 0.25) is 5.95 Å². The van der Waals surface area contributed by atoms with Gasteiger partial charge < -0.3 is 25.1 Å². The standard InChI is InChI=1S/C36H53F4N5O2Si/c1-34(2,3)48(4,5)47-28-12-10-23(11-13-28)19-41-31-26-14-24-15-27(31)18-35(16-24,17-26)22-44-32-29(37)21-43-33(45-32)42-20-25-8-6-7-9-30(25)46-36(38,39)40/h6-9,21,23-24,26-28,31,41H,10-20,22H2,1-5H3,(H2,42,43,44,45)/t23?,24?,26-,27+,28?,31?,35?. The Bertz CT molecular complexity index is 1400. The van der Waals surface area contributed by atoms with Gasteiger partial charge >= 0.3 is 6.36 Å². The first-order chi connectivity index (χ1) is 22.6. The van der Waals surface area contributed by atoms with Crippen molar-refractivity contribution >= 4 is 20.1 Å². The fraction of sp³-hybridized carbons (Fsp3) is 0.722. The van der Waals surface area contributed by atoms with Crippen LogP contribution in [0.4, 0.5) is 29.3 Å². The van der Waals surface area contributed by atoms with Crippen LogP contribution in [0.25, 0.3) is 0 Å². The number of nitrogens with one attached hydrogen (secondary N) is 3. The van der Waals surface area contributed by atoms with E-state index in [9.17, 15) is 17.6 Å². The van der Waals surface area contributed by atoms with Gasteiger partial charge in [0.15, 0.2) is 20.0 Å². The fourth-order valence-corrected chi connectivity index (χ4v) is 10.4. The summed E-state index contributed by atoms with van der Waals surface area (Å²) in [5.41, 5.74) is 0.407. The van der Waals surface area contributed by atoms with Gasteiger partial charge in [-0.05, 0) is 118 Å². The van der Waals surface area contributed by atoms with Crippen molar-refractivity contribution in [1.29, 1.82) is 0 Å². The molecule has 1 heterocycles. The van der Waals surface area contributed by atoms with Crippen molar-refractivity contribution in [1.82, 2.24) is 15.3 Å². The van der Waals surface area contributed by atoms with Crippen molar-refractivity contribution in [3.63, 3.8) is 0 Å². The molecule has 0 saturated heterocycles. The Morgan fingerprint density at radius 3 is 2.31 bits per heavy atom. The van der Waals surface area contributed by atoms with Crippen LogP contribution < -0.4 is 20.7 Å². The van der Waals surface area contributed by atoms with E-state index in [1.807, 2.05) is 0 Å². The van der Waals surface area contributed by atoms with Crippen LogP contribution in [0.2, 0.25) is 18.1 Å². The van der Waals surface area contributed by atoms with Crippen molar-refractivity contribution < 1.29 is 26.7 Å². The third-order valence-electron chi connectivity index (χ3n) is 12.1. The number of ether oxygens (including phenoxy) is 1. The van der Waals surface area contributed by atoms with Gasteiger partial charge in [-0.2, -0.15) is 4.98 Å². The molecule has 266 valence electrons. The number of rotatable bonds is 12. The number of halogens is 4. The van der Waals surface area contributed by atoms with Gasteiger partial charge in [-0.25, -0.2) is 9.37 Å². The normalized spacial score (nSPS) is 30.4. The van der Waals surface area contributed by atoms with Crippen LogP contribution in [0.5, 0.6) is 5.75 Å². The Hall–Kier alpha value is -2.44. The first kappa shape index (κ1) is 35.4. The molecule has 1 aromatic heterocycles. The van der Waals surface area contributed by atoms with Gasteiger partial charge in [0.05, 0.1) is 6.20 Å². The Labute approximate surface area is 283 Å². The molecule has 7 rings (SSSR count). The Morgan fingerprint density at radius 1 is 0.958 bits per heavy atom. The SMILES string of the molecule is CC(C)(C)[Si](C)(C)OC1CCC(CNC2[C@@H]3CC4C[C@H]2CC(CNc2nc(NCc5ccccc5OC(F)(F)F)ncc2F)(C4)C3)CC1. The number of para-hydroxylation sites is 1. The zero-order valence-corrected chi connectivity index (χ0v) is 30.1. The smallest absolute Gasteiger partial charge is 0.414 e. The summed E-state index contributed by atoms with van der Waals surface area (Å²) in [5, 5.41) is 10.5. The van der Waals surface area contributed by atoms with Crippen LogP contribution in [0.3, 0.4) is 0 Å². The predicted molar refractivity (Wildman–Crippen MR) is 183 cm³/mol. The van der Waals surface area contributed by atoms with E-state index in [-0.39, 0.29) is 40.1 Å². The maximum absolute atomic E-state index is 14.9. The molecule has 4 bridgehead atoms. The van der Waals surface area contributed by atoms with Crippen LogP contribution in [0, 0.1) is 34.9 Å². The van der Waals surface area contributed by atoms with Gasteiger partial charge in [0.25, 0.3) is 0 Å². The van der Waals surface area contributed by atoms with Gasteiger partial charge in [0, 0.05) is 30.8 Å². The third kappa shape index (κ3) is 8.29. The van der Waals surface area contributed by atoms with Crippen LogP contribution in [0.1, 0.15) is 84.1 Å². The lowest BCUT2D eigenvalue weighted by Gasteiger charge is -2.60. The molecule has 5 aliphatic carbocycles. The van der Waals surface area contributed by atoms with Crippen molar-refractivity contribution in [2.75, 3.05) is 23.7 Å². The van der Waals surface area contributed by atoms with E-state index >= 15 is 0 Å². The zero-order valence-electron chi connectivity index (χ0n) is 29.1. The first-order valence-electron chi connectivity index (χ1n) is 17.8. The highest BCUT2D eigenvalue weighted by molar-refractivity contribution is 6.74. The van der Waals surface area contributed by atoms with E-state index in [0.717, 1.165) is 37.9 Å². The first-order valence-corrected chi connectivity index (χ1v) is 20.7. The summed E-state index contributed by atoms with van der Waals surface area (Å²) in [5.74, 6) is 2.12. The highest BCUT2D eigenvalue weighted by atomic mass is 28.4. The van der Waals surface area contributed by atoms with Gasteiger partial charge in [-0.3, -0.25) is 0 Å². The highest BCUT2D eigenvalue weighted by Crippen LogP contribution is 2.60. The molecule has 48 heavy (non-hydrogen) atoms. The fourth-order valence-electron chi connectivity index (χ4n) is 8.99. The second-order valence-corrected chi connectivity index (χ2v) is 21.4. The van der Waals surface area contributed by atoms with Crippen LogP contribution in [-0.4, -0.2) is 49.9 Å². The number of benzene rings is 1. The van der Waals surface area contributed by atoms with E-state index in [0.29, 0.717) is 36.4 Å². The zero-order chi connectivity index (χ0) is 34.3. The summed E-state index contributed by atoms with van der Waals surface area (Å²) in [6, 6.07) is 6.45. The lowest BCUT2D eigenvalue weighted by atomic mass is 9.48. The summed E-state index contributed by atoms with van der Waals surface area (Å²) in [6.45, 7) is 13.4. The van der Waals surface area contributed by atoms with Crippen molar-refractivity contribution in [3.05, 3.63) is 41.8 Å². The minimum absolute atomic E-state index is 0.00710. The average Bonchev–Trinajstić information content (AvgIpc) is 2.99. The molecule has 0 radical (unpaired) electrons. The average molecular weight is 692 g/mol. The molecule has 2 aromatic rings. The number of anilines is 2. The lowest BCUT2D eigenvalue weighted by molar-refractivity contribution is -0.274. The minimum atomic E-state index is -4.80. The molecule has 5 aliphatic rings. The molecule has 3 unspecified atom stereocenters. The van der Waals surface area contributed by atoms with E-state index in [2.05, 4.69) is 64.5 Å². The van der Waals surface area contributed by atoms with E-state index in [1.165, 1.54) is 56.7 Å². The van der Waals surface area contributed by atoms with E-state index in [1.54, 1.807) is 6.07 Å². The number of alkyl halides is 3. The summed E-state index contributed by atoms with van der Waals surface area (Å²) < 4.78 is 64.2. The summed E-state index contributed by atoms with van der Waals surface area (Å²) in [6.07, 6.45) is 7.50. The van der Waals surface area contributed by atoms with Crippen molar-refractivity contribution in [2.45, 2.75) is 122 Å². The van der Waals surface area contributed by atoms with Crippen molar-refractivity contribution in [3.8, 4) is 5.75 Å². The van der Waals surface area contributed by atoms with Crippen LogP contribution in [0.15, 0.2) is 30.5 Å². The molecular weight excluding hydrogens is 639 g/mol. The molecule has 1 aromatic carbocycles. The number of hydrogen-bond acceptors (Lipinski definition) is 7. The maximum Gasteiger partial charge on any atom is 0.573 e. The maximum atomic E-state index is 14.9. The number of nitrogens with zero attached hydrogens (tertiary/aromatic N) is 2. The topological polar surface area (TPSA) is 80.3 Å². The van der Waals surface area contributed by atoms with Gasteiger partial charge in [0.1, 0.15) is 5.75 Å². The summed E-state index contributed by atoms with van der Waals surface area (Å²) >= 11 is 0. The lowest BCUT2D eigenvalue weighted by Crippen LogP contribution is -2.60. The second-order valence-electron chi connectivity index (χ2n) is 16.7. The molecular formula is C36H53F4N5O2Si. The van der Waals surface area contributed by atoms with Gasteiger partial charge in [-0.1, -0.05) is 39.0 Å². The number of hydrogen-bond donors (Lipinski definition) is 3. The molecule has 12 heteroatoms. The largest absolute Gasteiger partial charge is 0.573 e. The van der Waals surface area contributed by atoms with Crippen molar-refractivity contribution in [2.24, 2.45) is 29.1 Å². The molecule has 3 N–H and O–H groups in total. The number of aromatic nitrogens is 2. The molecule has 0 amide bonds. The van der Waals surface area contributed by atoms with Crippen LogP contribution in [-0.2, 0) is 11.0 Å². The molecule has 0 aliphatic heterocycles. The molecule has 5 atom stereocenters. The predicted octanol–water partition coefficient (Wildman–Crippen LogP) is 8.90. The second kappa shape index (κ2) is 13.7. The van der Waals surface area contributed by atoms with Crippen LogP contribution >= 0.6 is 0 Å². The molecule has 7 nitrogen and oxygen atoms in total. The molecule has 0 spiro atoms. The quantitative estimate of drug-likeness (QED) is 0.152. The van der Waals surface area contributed by atoms with E-state index in [4.69, 9.17) is 4.43 Å². The van der Waals surface area contributed by atoms with E-state index < -0.39 is 20.5 Å². The summed E-state index contributed by atoms with van der Waals surface area (Å²) in [4.78, 5) is 8.37. The molecule has 5 fully saturated rings. The summed E-state index contributed by atoms with van der Waals surface area (Å²) in [7, 11) is -1.73. The molecule has 5 saturated carbocycles. The Kier molecular flexibility index (Phi) is 10.1. The third-order valence-corrected chi connectivity index (χ3v) is 16.6. The highest BCUT2D eigenvalue weighted by Gasteiger charge is 2.55. The van der Waals surface area contributed by atoms with Gasteiger partial charge in [-0.15, -0.1) is 13.2 Å². The Balaban J connectivity index is 0.999.